The van der Waals surface area contributed by atoms with E-state index in [2.05, 4.69) is 30.4 Å². The van der Waals surface area contributed by atoms with Crippen molar-refractivity contribution in [2.24, 2.45) is 11.8 Å². The Balaban J connectivity index is 0.00000336. The van der Waals surface area contributed by atoms with Crippen molar-refractivity contribution in [3.8, 4) is 16.9 Å². The summed E-state index contributed by atoms with van der Waals surface area (Å²) in [4.78, 5) is 20.6. The van der Waals surface area contributed by atoms with Crippen molar-refractivity contribution in [3.05, 3.63) is 52.1 Å². The molecule has 2 N–H and O–H groups in total. The number of hydrogen-bond donors (Lipinski definition) is 2. The van der Waals surface area contributed by atoms with Crippen LogP contribution >= 0.6 is 35.6 Å². The number of Topliss-reactive ketones (excluding diaryl/α,β-unsaturated/α-hetero) is 1. The van der Waals surface area contributed by atoms with Crippen LogP contribution in [-0.2, 0) is 0 Å². The first-order chi connectivity index (χ1) is 17.8. The van der Waals surface area contributed by atoms with Crippen LogP contribution in [0.3, 0.4) is 0 Å². The summed E-state index contributed by atoms with van der Waals surface area (Å²) in [5.74, 6) is 0.883. The number of hydrogen-bond acceptors (Lipinski definition) is 5. The fourth-order valence-electron chi connectivity index (χ4n) is 6.06. The summed E-state index contributed by atoms with van der Waals surface area (Å²) in [7, 11) is 4.28. The lowest BCUT2D eigenvalue weighted by Gasteiger charge is -2.32. The van der Waals surface area contributed by atoms with E-state index in [4.69, 9.17) is 28.2 Å². The van der Waals surface area contributed by atoms with E-state index < -0.39 is 0 Å². The number of phenolic OH excluding ortho intramolecular Hbond substituents is 1. The van der Waals surface area contributed by atoms with Gasteiger partial charge in [0.25, 0.3) is 0 Å². The molecule has 8 heteroatoms. The van der Waals surface area contributed by atoms with Crippen LogP contribution in [-0.4, -0.2) is 47.5 Å². The number of pyridine rings is 1. The van der Waals surface area contributed by atoms with E-state index in [-0.39, 0.29) is 39.9 Å². The maximum Gasteiger partial charge on any atom is 0.169 e. The lowest BCUT2D eigenvalue weighted by atomic mass is 9.85. The van der Waals surface area contributed by atoms with Gasteiger partial charge in [-0.15, -0.1) is 12.4 Å². The molecule has 0 amide bonds. The summed E-state index contributed by atoms with van der Waals surface area (Å²) in [5.41, 5.74) is 4.15. The highest BCUT2D eigenvalue weighted by Crippen LogP contribution is 2.40. The second kappa shape index (κ2) is 12.4. The molecule has 1 aromatic heterocycles. The van der Waals surface area contributed by atoms with Gasteiger partial charge in [0.1, 0.15) is 0 Å². The number of fused-ring (bicyclic) bond motifs is 1. The third-order valence-corrected chi connectivity index (χ3v) is 8.60. The zero-order chi connectivity index (χ0) is 26.1. The number of carbonyl (C=O) groups excluding carboxylic acids is 1. The molecule has 0 atom stereocenters. The molecule has 0 unspecified atom stereocenters. The van der Waals surface area contributed by atoms with Gasteiger partial charge in [-0.1, -0.05) is 42.1 Å². The molecule has 2 fully saturated rings. The summed E-state index contributed by atoms with van der Waals surface area (Å²) in [6.07, 6.45) is 10.4. The fraction of sp³-hybridized carbons (Fsp3) is 0.467. The average Bonchev–Trinajstić information content (AvgIpc) is 3.42. The van der Waals surface area contributed by atoms with E-state index in [1.54, 1.807) is 18.3 Å². The second-order valence-corrected chi connectivity index (χ2v) is 11.9. The van der Waals surface area contributed by atoms with E-state index in [0.717, 1.165) is 78.7 Å². The minimum atomic E-state index is -0.119. The summed E-state index contributed by atoms with van der Waals surface area (Å²) in [6, 6.07) is 9.76. The number of aromatic hydroxyl groups is 1. The molecule has 38 heavy (non-hydrogen) atoms. The van der Waals surface area contributed by atoms with Gasteiger partial charge in [0.05, 0.1) is 26.8 Å². The van der Waals surface area contributed by atoms with Gasteiger partial charge in [-0.2, -0.15) is 0 Å². The molecule has 0 aliphatic heterocycles. The zero-order valence-corrected chi connectivity index (χ0v) is 24.3. The Hall–Kier alpha value is -2.05. The molecule has 5 nitrogen and oxygen atoms in total. The first-order valence-corrected chi connectivity index (χ1v) is 14.1. The van der Waals surface area contributed by atoms with Gasteiger partial charge < -0.3 is 15.3 Å². The van der Waals surface area contributed by atoms with E-state index in [1.807, 2.05) is 12.1 Å². The predicted octanol–water partition coefficient (Wildman–Crippen LogP) is 8.24. The van der Waals surface area contributed by atoms with Crippen LogP contribution in [0, 0.1) is 11.8 Å². The lowest BCUT2D eigenvalue weighted by molar-refractivity contribution is 0.0923. The van der Waals surface area contributed by atoms with Gasteiger partial charge >= 0.3 is 0 Å². The number of anilines is 1. The summed E-state index contributed by atoms with van der Waals surface area (Å²) in [6.45, 7) is 1.12. The van der Waals surface area contributed by atoms with Crippen LogP contribution in [0.2, 0.25) is 10.0 Å². The van der Waals surface area contributed by atoms with Gasteiger partial charge in [0.15, 0.2) is 11.5 Å². The van der Waals surface area contributed by atoms with Crippen molar-refractivity contribution in [1.29, 1.82) is 0 Å². The van der Waals surface area contributed by atoms with E-state index in [0.29, 0.717) is 11.6 Å². The highest BCUT2D eigenvalue weighted by Gasteiger charge is 2.29. The molecule has 3 aromatic rings. The Bertz CT molecular complexity index is 1280. The Kier molecular flexibility index (Phi) is 9.46. The first kappa shape index (κ1) is 28.9. The summed E-state index contributed by atoms with van der Waals surface area (Å²) >= 11 is 12.4. The van der Waals surface area contributed by atoms with Crippen LogP contribution in [0.15, 0.2) is 36.5 Å². The fourth-order valence-corrected chi connectivity index (χ4v) is 6.55. The van der Waals surface area contributed by atoms with Gasteiger partial charge in [-0.05, 0) is 93.9 Å². The van der Waals surface area contributed by atoms with Gasteiger partial charge in [0, 0.05) is 30.1 Å². The molecule has 2 aliphatic carbocycles. The number of phenols is 1. The quantitative estimate of drug-likeness (QED) is 0.277. The molecule has 2 aromatic carbocycles. The largest absolute Gasteiger partial charge is 0.505 e. The number of rotatable bonds is 7. The Morgan fingerprint density at radius 2 is 1.66 bits per heavy atom. The van der Waals surface area contributed by atoms with Crippen molar-refractivity contribution in [3.63, 3.8) is 0 Å². The number of carbonyl (C=O) groups is 1. The molecular formula is C30H36Cl3N3O2. The van der Waals surface area contributed by atoms with Crippen LogP contribution in [0.5, 0.6) is 5.75 Å². The SMILES string of the molecule is CN(C)CC1CCC(Nc2c(C(=O)C3CCCC3)cnc3ccc(-c4cc(Cl)c(O)c(Cl)c4)cc23)CC1.Cl. The second-order valence-electron chi connectivity index (χ2n) is 11.0. The molecular weight excluding hydrogens is 541 g/mol. The maximum atomic E-state index is 13.7. The maximum absolute atomic E-state index is 13.7. The van der Waals surface area contributed by atoms with Gasteiger partial charge in [-0.3, -0.25) is 9.78 Å². The molecule has 5 rings (SSSR count). The number of aromatic nitrogens is 1. The minimum Gasteiger partial charge on any atom is -0.505 e. The average molecular weight is 577 g/mol. The minimum absolute atomic E-state index is 0. The van der Waals surface area contributed by atoms with Crippen LogP contribution in [0.4, 0.5) is 5.69 Å². The zero-order valence-electron chi connectivity index (χ0n) is 22.0. The third kappa shape index (κ3) is 6.22. The first-order valence-electron chi connectivity index (χ1n) is 13.4. The number of ketones is 1. The van der Waals surface area contributed by atoms with E-state index in [1.165, 1.54) is 12.8 Å². The molecule has 0 spiro atoms. The molecule has 204 valence electrons. The molecule has 2 aliphatic rings. The summed E-state index contributed by atoms with van der Waals surface area (Å²) in [5, 5.41) is 15.2. The Morgan fingerprint density at radius 1 is 1.00 bits per heavy atom. The number of halogens is 3. The molecule has 2 saturated carbocycles. The summed E-state index contributed by atoms with van der Waals surface area (Å²) < 4.78 is 0. The standard InChI is InChI=1S/C30H35Cl2N3O2.ClH/c1-35(2)17-18-7-10-22(11-8-18)34-28-23-13-20(21-14-25(31)30(37)26(32)15-21)9-12-27(23)33-16-24(28)29(36)19-5-3-4-6-19;/h9,12-16,18-19,22,37H,3-8,10-11,17H2,1-2H3,(H,33,34);1H. The molecule has 0 saturated heterocycles. The lowest BCUT2D eigenvalue weighted by Crippen LogP contribution is -2.31. The monoisotopic (exact) mass is 575 g/mol. The molecule has 0 radical (unpaired) electrons. The normalized spacial score (nSPS) is 20.0. The van der Waals surface area contributed by atoms with Crippen molar-refractivity contribution in [2.45, 2.75) is 57.4 Å². The van der Waals surface area contributed by atoms with Crippen LogP contribution in [0.1, 0.15) is 61.7 Å². The molecule has 0 bridgehead atoms. The Labute approximate surface area is 241 Å². The van der Waals surface area contributed by atoms with Gasteiger partial charge in [-0.25, -0.2) is 0 Å². The van der Waals surface area contributed by atoms with Crippen molar-refractivity contribution in [2.75, 3.05) is 26.0 Å². The van der Waals surface area contributed by atoms with Crippen LogP contribution in [0.25, 0.3) is 22.0 Å². The number of nitrogens with zero attached hydrogens (tertiary/aromatic N) is 2. The predicted molar refractivity (Wildman–Crippen MR) is 160 cm³/mol. The van der Waals surface area contributed by atoms with E-state index in [9.17, 15) is 9.90 Å². The van der Waals surface area contributed by atoms with Crippen molar-refractivity contribution >= 4 is 58.0 Å². The highest BCUT2D eigenvalue weighted by molar-refractivity contribution is 6.37. The van der Waals surface area contributed by atoms with Crippen molar-refractivity contribution < 1.29 is 9.90 Å². The third-order valence-electron chi connectivity index (χ3n) is 8.03. The number of nitrogens with one attached hydrogen (secondary N) is 1. The topological polar surface area (TPSA) is 65.5 Å². The highest BCUT2D eigenvalue weighted by atomic mass is 35.5. The Morgan fingerprint density at radius 3 is 2.29 bits per heavy atom. The van der Waals surface area contributed by atoms with Crippen molar-refractivity contribution in [1.82, 2.24) is 9.88 Å². The number of benzene rings is 2. The smallest absolute Gasteiger partial charge is 0.169 e. The van der Waals surface area contributed by atoms with Crippen LogP contribution < -0.4 is 5.32 Å². The van der Waals surface area contributed by atoms with Gasteiger partial charge in [0.2, 0.25) is 0 Å². The van der Waals surface area contributed by atoms with E-state index >= 15 is 0 Å². The molecule has 1 heterocycles.